The maximum absolute atomic E-state index is 12.5. The third-order valence-electron chi connectivity index (χ3n) is 4.86. The average Bonchev–Trinajstić information content (AvgIpc) is 2.85. The average molecular weight is 396 g/mol. The number of hydrogen-bond donors (Lipinski definition) is 1. The minimum atomic E-state index is -1.53. The maximum Gasteiger partial charge on any atom is 0.410 e. The number of amides is 1. The molecule has 0 radical (unpaired) electrons. The summed E-state index contributed by atoms with van der Waals surface area (Å²) in [6, 6.07) is 5.48. The van der Waals surface area contributed by atoms with E-state index in [1.165, 1.54) is 0 Å². The van der Waals surface area contributed by atoms with Gasteiger partial charge in [0.15, 0.2) is 0 Å². The Hall–Kier alpha value is -1.31. The summed E-state index contributed by atoms with van der Waals surface area (Å²) in [5.74, 6) is 0.489. The number of pyridine rings is 1. The summed E-state index contributed by atoms with van der Waals surface area (Å²) in [6.45, 7) is 10.7. The summed E-state index contributed by atoms with van der Waals surface area (Å²) in [7, 11) is 0. The summed E-state index contributed by atoms with van der Waals surface area (Å²) < 4.78 is 16.9. The Balaban J connectivity index is 1.80. The first-order valence-electron chi connectivity index (χ1n) is 9.61. The molecule has 2 unspecified atom stereocenters. The van der Waals surface area contributed by atoms with Crippen LogP contribution in [-0.4, -0.2) is 38.2 Å². The van der Waals surface area contributed by atoms with Crippen molar-refractivity contribution in [2.75, 3.05) is 6.54 Å². The van der Waals surface area contributed by atoms with Gasteiger partial charge in [-0.25, -0.2) is 9.78 Å². The van der Waals surface area contributed by atoms with E-state index in [9.17, 15) is 9.35 Å². The van der Waals surface area contributed by atoms with E-state index in [1.807, 2.05) is 37.8 Å². The van der Waals surface area contributed by atoms with E-state index in [0.717, 1.165) is 44.3 Å². The van der Waals surface area contributed by atoms with Gasteiger partial charge in [-0.2, -0.15) is 0 Å². The lowest BCUT2D eigenvalue weighted by atomic mass is 9.92. The van der Waals surface area contributed by atoms with Gasteiger partial charge in [0.25, 0.3) is 5.03 Å². The second-order valence-corrected chi connectivity index (χ2v) is 10.00. The number of nitrogens with zero attached hydrogens (tertiary/aromatic N) is 2. The molecule has 0 bridgehead atoms. The Morgan fingerprint density at radius 1 is 1.41 bits per heavy atom. The summed E-state index contributed by atoms with van der Waals surface area (Å²) in [5, 5.41) is 5.82. The van der Waals surface area contributed by atoms with Crippen molar-refractivity contribution in [3.8, 4) is 0 Å². The first-order chi connectivity index (χ1) is 12.5. The van der Waals surface area contributed by atoms with Gasteiger partial charge in [-0.3, -0.25) is 0 Å². The van der Waals surface area contributed by atoms with Crippen molar-refractivity contribution in [1.82, 2.24) is 9.88 Å². The predicted molar refractivity (Wildman–Crippen MR) is 108 cm³/mol. The number of carbonyl (C=O) groups is 1. The van der Waals surface area contributed by atoms with Crippen LogP contribution in [0.4, 0.5) is 4.79 Å². The third-order valence-corrected chi connectivity index (χ3v) is 5.50. The molecule has 27 heavy (non-hydrogen) atoms. The Kier molecular flexibility index (Phi) is 7.16. The molecule has 1 aliphatic heterocycles. The van der Waals surface area contributed by atoms with Gasteiger partial charge in [0.2, 0.25) is 0 Å². The summed E-state index contributed by atoms with van der Waals surface area (Å²) in [6.07, 6.45) is 4.78. The van der Waals surface area contributed by atoms with Crippen molar-refractivity contribution < 1.29 is 14.1 Å². The number of likely N-dealkylation sites (tertiary alicyclic amines) is 1. The lowest BCUT2D eigenvalue weighted by molar-refractivity contribution is 0.0131. The van der Waals surface area contributed by atoms with Gasteiger partial charge in [-0.05, 0) is 72.3 Å². The van der Waals surface area contributed by atoms with Crippen molar-refractivity contribution in [3.05, 3.63) is 23.9 Å². The van der Waals surface area contributed by atoms with E-state index in [0.29, 0.717) is 10.9 Å². The zero-order chi connectivity index (χ0) is 20.2. The molecule has 0 aromatic carbocycles. The predicted octanol–water partition coefficient (Wildman–Crippen LogP) is 3.81. The molecular weight excluding hydrogens is 362 g/mol. The van der Waals surface area contributed by atoms with Crippen LogP contribution in [0.5, 0.6) is 0 Å². The maximum atomic E-state index is 12.5. The van der Waals surface area contributed by atoms with Gasteiger partial charge in [0.05, 0.1) is 11.4 Å². The lowest BCUT2D eigenvalue weighted by Crippen LogP contribution is -2.45. The molecule has 0 spiro atoms. The summed E-state index contributed by atoms with van der Waals surface area (Å²) >= 11 is -1.53. The zero-order valence-electron chi connectivity index (χ0n) is 17.2. The number of nitrogens with two attached hydrogens (primary N) is 1. The second kappa shape index (κ2) is 8.80. The first kappa shape index (κ1) is 22.0. The van der Waals surface area contributed by atoms with Crippen LogP contribution in [0.1, 0.15) is 66.0 Å². The number of aromatic nitrogens is 1. The standard InChI is InChI=1S/C20H33N3O3S/c1-19(2,3)26-18(24)23-14-15(13-20(23,4)5)9-6-7-10-16-11-8-12-17(22-16)27(21)25/h8,11-12,15H,6-7,9-10,13-14,21H2,1-5H3. The number of aryl methyl sites for hydroxylation is 1. The fraction of sp³-hybridized carbons (Fsp3) is 0.700. The molecule has 1 saturated heterocycles. The number of rotatable bonds is 6. The highest BCUT2D eigenvalue weighted by molar-refractivity contribution is 7.89. The Bertz CT molecular complexity index is 644. The van der Waals surface area contributed by atoms with Crippen molar-refractivity contribution in [2.24, 2.45) is 11.1 Å². The highest BCUT2D eigenvalue weighted by Crippen LogP contribution is 2.36. The van der Waals surface area contributed by atoms with Gasteiger partial charge < -0.3 is 14.2 Å². The number of unbranched alkanes of at least 4 members (excludes halogenated alkanes) is 1. The molecule has 0 saturated carbocycles. The minimum absolute atomic E-state index is 0.173. The minimum Gasteiger partial charge on any atom is -0.592 e. The molecule has 7 heteroatoms. The SMILES string of the molecule is CC(C)(C)OC(=O)N1CC(CCCCc2cccc([S+](N)[O-])n2)CC1(C)C. The molecule has 0 aliphatic carbocycles. The largest absolute Gasteiger partial charge is 0.592 e. The van der Waals surface area contributed by atoms with Crippen molar-refractivity contribution in [3.63, 3.8) is 0 Å². The van der Waals surface area contributed by atoms with E-state index in [2.05, 4.69) is 18.8 Å². The van der Waals surface area contributed by atoms with Gasteiger partial charge in [-0.15, -0.1) is 5.14 Å². The van der Waals surface area contributed by atoms with Crippen LogP contribution in [-0.2, 0) is 22.5 Å². The monoisotopic (exact) mass is 395 g/mol. The molecule has 2 atom stereocenters. The van der Waals surface area contributed by atoms with Crippen molar-refractivity contribution >= 4 is 17.5 Å². The van der Waals surface area contributed by atoms with E-state index in [-0.39, 0.29) is 11.6 Å². The fourth-order valence-electron chi connectivity index (χ4n) is 3.67. The topological polar surface area (TPSA) is 91.5 Å². The highest BCUT2D eigenvalue weighted by atomic mass is 32.2. The fourth-order valence-corrected chi connectivity index (χ4v) is 4.09. The number of hydrogen-bond acceptors (Lipinski definition) is 5. The van der Waals surface area contributed by atoms with E-state index < -0.39 is 17.0 Å². The summed E-state index contributed by atoms with van der Waals surface area (Å²) in [5.41, 5.74) is 0.280. The van der Waals surface area contributed by atoms with Crippen LogP contribution >= 0.6 is 0 Å². The smallest absolute Gasteiger partial charge is 0.410 e. The van der Waals surface area contributed by atoms with Gasteiger partial charge in [0, 0.05) is 23.8 Å². The molecule has 2 heterocycles. The Labute approximate surface area is 166 Å². The Morgan fingerprint density at radius 2 is 2.11 bits per heavy atom. The normalized spacial score (nSPS) is 20.6. The van der Waals surface area contributed by atoms with E-state index in [4.69, 9.17) is 9.88 Å². The van der Waals surface area contributed by atoms with Gasteiger partial charge >= 0.3 is 6.09 Å². The zero-order valence-corrected chi connectivity index (χ0v) is 18.0. The first-order valence-corrected chi connectivity index (χ1v) is 10.8. The quantitative estimate of drug-likeness (QED) is 0.584. The number of carbonyl (C=O) groups excluding carboxylic acids is 1. The summed E-state index contributed by atoms with van der Waals surface area (Å²) in [4.78, 5) is 18.7. The van der Waals surface area contributed by atoms with E-state index >= 15 is 0 Å². The van der Waals surface area contributed by atoms with Crippen molar-refractivity contribution in [1.29, 1.82) is 0 Å². The van der Waals surface area contributed by atoms with Gasteiger partial charge in [-0.1, -0.05) is 12.5 Å². The molecule has 2 N–H and O–H groups in total. The molecule has 2 rings (SSSR count). The molecule has 6 nitrogen and oxygen atoms in total. The van der Waals surface area contributed by atoms with Crippen LogP contribution in [0.15, 0.2) is 23.2 Å². The molecule has 1 aliphatic rings. The van der Waals surface area contributed by atoms with Crippen LogP contribution < -0.4 is 5.14 Å². The van der Waals surface area contributed by atoms with Crippen LogP contribution in [0.25, 0.3) is 0 Å². The number of ether oxygens (including phenoxy) is 1. The molecule has 152 valence electrons. The lowest BCUT2D eigenvalue weighted by Gasteiger charge is -2.33. The molecule has 1 amide bonds. The Morgan fingerprint density at radius 3 is 2.74 bits per heavy atom. The van der Waals surface area contributed by atoms with Crippen LogP contribution in [0, 0.1) is 5.92 Å². The van der Waals surface area contributed by atoms with Gasteiger partial charge in [0.1, 0.15) is 5.60 Å². The third kappa shape index (κ3) is 6.66. The molecule has 1 aromatic rings. The molecule has 1 aromatic heterocycles. The highest BCUT2D eigenvalue weighted by Gasteiger charge is 2.42. The van der Waals surface area contributed by atoms with Crippen molar-refractivity contribution in [2.45, 2.75) is 82.9 Å². The molecule has 1 fully saturated rings. The molecular formula is C20H33N3O3S. The second-order valence-electron chi connectivity index (χ2n) is 8.98. The van der Waals surface area contributed by atoms with E-state index in [1.54, 1.807) is 6.07 Å². The van der Waals surface area contributed by atoms with Crippen LogP contribution in [0.3, 0.4) is 0 Å². The van der Waals surface area contributed by atoms with Crippen LogP contribution in [0.2, 0.25) is 0 Å².